The number of carboxylic acid groups (broad SMARTS) is 1. The molecule has 0 heterocycles. The smallest absolute Gasteiger partial charge is 0.290 e. The van der Waals surface area contributed by atoms with E-state index in [1.165, 1.54) is 18.2 Å². The molecule has 0 saturated heterocycles. The molecule has 0 fully saturated rings. The molecule has 9 nitrogen and oxygen atoms in total. The Morgan fingerprint density at radius 3 is 2.51 bits per heavy atom. The van der Waals surface area contributed by atoms with Crippen LogP contribution in [-0.4, -0.2) is 50.4 Å². The van der Waals surface area contributed by atoms with Gasteiger partial charge in [-0.1, -0.05) is 39.7 Å². The Hall–Kier alpha value is -2.96. The molecule has 0 atom stereocenters. The van der Waals surface area contributed by atoms with E-state index in [0.29, 0.717) is 24.5 Å². The highest BCUT2D eigenvalue weighted by atomic mass is 79.9. The number of rotatable bonds is 10. The Bertz CT molecular complexity index is 1340. The number of hydrogen-bond acceptors (Lipinski definition) is 7. The SMILES string of the molecule is CS(=O)(=O)c1ccc(C(=O)Nc2cccc(COc3ccc(Br)cc3CNCCO)c2)c(Cl)c1.O=CO. The van der Waals surface area contributed by atoms with E-state index in [4.69, 9.17) is 31.3 Å². The van der Waals surface area contributed by atoms with Crippen LogP contribution in [0.15, 0.2) is 70.0 Å². The highest BCUT2D eigenvalue weighted by Gasteiger charge is 2.15. The predicted molar refractivity (Wildman–Crippen MR) is 145 cm³/mol. The molecule has 0 aliphatic rings. The second-order valence-corrected chi connectivity index (χ2v) is 11.0. The molecular weight excluding hydrogens is 588 g/mol. The van der Waals surface area contributed by atoms with Crippen LogP contribution in [0.4, 0.5) is 5.69 Å². The van der Waals surface area contributed by atoms with Gasteiger partial charge in [0.15, 0.2) is 9.84 Å². The summed E-state index contributed by atoms with van der Waals surface area (Å²) < 4.78 is 30.3. The number of hydrogen-bond donors (Lipinski definition) is 4. The van der Waals surface area contributed by atoms with Crippen molar-refractivity contribution >= 4 is 55.4 Å². The van der Waals surface area contributed by atoms with Crippen LogP contribution in [0.1, 0.15) is 21.5 Å². The standard InChI is InChI=1S/C24H24BrClN2O5S.CH2O2/c1-34(31,32)20-6-7-21(22(26)13-20)24(30)28-19-4-2-3-16(11-19)15-33-23-8-5-18(25)12-17(23)14-27-9-10-29;2-1-3/h2-8,11-13,27,29H,9-10,14-15H2,1H3,(H,28,30);1H,(H,2,3). The second kappa shape index (κ2) is 14.7. The number of aliphatic hydroxyl groups excluding tert-OH is 1. The van der Waals surface area contributed by atoms with E-state index in [1.54, 1.807) is 18.2 Å². The fraction of sp³-hybridized carbons (Fsp3) is 0.200. The number of halogens is 2. The van der Waals surface area contributed by atoms with Crippen molar-refractivity contribution < 1.29 is 33.0 Å². The number of anilines is 1. The monoisotopic (exact) mass is 612 g/mol. The number of benzene rings is 3. The van der Waals surface area contributed by atoms with Crippen LogP contribution in [0.3, 0.4) is 0 Å². The van der Waals surface area contributed by atoms with E-state index >= 15 is 0 Å². The van der Waals surface area contributed by atoms with Crippen LogP contribution in [0, 0.1) is 0 Å². The number of carbonyl (C=O) groups is 2. The van der Waals surface area contributed by atoms with Crippen LogP contribution < -0.4 is 15.4 Å². The number of ether oxygens (including phenoxy) is 1. The van der Waals surface area contributed by atoms with Gasteiger partial charge in [-0.25, -0.2) is 8.42 Å². The quantitative estimate of drug-likeness (QED) is 0.198. The highest BCUT2D eigenvalue weighted by Crippen LogP contribution is 2.25. The van der Waals surface area contributed by atoms with E-state index in [1.807, 2.05) is 24.3 Å². The van der Waals surface area contributed by atoms with Crippen LogP contribution in [0.5, 0.6) is 5.75 Å². The Balaban J connectivity index is 0.00000153. The number of carbonyl (C=O) groups excluding carboxylic acids is 1. The zero-order chi connectivity index (χ0) is 27.4. The molecular formula is C25H26BrClN2O7S. The molecule has 0 aliphatic carbocycles. The van der Waals surface area contributed by atoms with Crippen molar-refractivity contribution in [2.24, 2.45) is 0 Å². The Morgan fingerprint density at radius 1 is 1.14 bits per heavy atom. The van der Waals surface area contributed by atoms with E-state index in [9.17, 15) is 13.2 Å². The first-order chi connectivity index (χ1) is 17.6. The number of nitrogens with one attached hydrogen (secondary N) is 2. The maximum atomic E-state index is 12.7. The zero-order valence-electron chi connectivity index (χ0n) is 19.8. The van der Waals surface area contributed by atoms with Crippen molar-refractivity contribution in [3.05, 3.63) is 86.8 Å². The summed E-state index contributed by atoms with van der Waals surface area (Å²) in [5.41, 5.74) is 2.51. The average molecular weight is 614 g/mol. The molecule has 0 aliphatic heterocycles. The molecule has 198 valence electrons. The van der Waals surface area contributed by atoms with Gasteiger partial charge < -0.3 is 25.6 Å². The summed E-state index contributed by atoms with van der Waals surface area (Å²) in [6.07, 6.45) is 1.08. The maximum absolute atomic E-state index is 12.7. The molecule has 0 bridgehead atoms. The summed E-state index contributed by atoms with van der Waals surface area (Å²) in [5, 5.41) is 21.8. The minimum absolute atomic E-state index is 0.0482. The van der Waals surface area contributed by atoms with Crippen LogP contribution >= 0.6 is 27.5 Å². The molecule has 3 aromatic rings. The molecule has 0 saturated carbocycles. The first kappa shape index (κ1) is 30.3. The third-order valence-corrected chi connectivity index (χ3v) is 6.74. The molecule has 3 aromatic carbocycles. The molecule has 0 spiro atoms. The molecule has 37 heavy (non-hydrogen) atoms. The van der Waals surface area contributed by atoms with Crippen molar-refractivity contribution in [2.75, 3.05) is 24.7 Å². The van der Waals surface area contributed by atoms with E-state index in [0.717, 1.165) is 21.9 Å². The zero-order valence-corrected chi connectivity index (χ0v) is 22.9. The van der Waals surface area contributed by atoms with Gasteiger partial charge in [0.25, 0.3) is 12.4 Å². The number of amides is 1. The summed E-state index contributed by atoms with van der Waals surface area (Å²) in [6, 6.07) is 16.9. The molecule has 4 N–H and O–H groups in total. The fourth-order valence-corrected chi connectivity index (χ4v) is 4.52. The Kier molecular flexibility index (Phi) is 12.0. The summed E-state index contributed by atoms with van der Waals surface area (Å²) in [5.74, 6) is 0.258. The van der Waals surface area contributed by atoms with Crippen molar-refractivity contribution in [3.8, 4) is 5.75 Å². The lowest BCUT2D eigenvalue weighted by molar-refractivity contribution is -0.122. The van der Waals surface area contributed by atoms with Crippen LogP contribution in [-0.2, 0) is 27.8 Å². The summed E-state index contributed by atoms with van der Waals surface area (Å²) >= 11 is 9.61. The van der Waals surface area contributed by atoms with Gasteiger partial charge in [-0.2, -0.15) is 0 Å². The first-order valence-electron chi connectivity index (χ1n) is 10.8. The van der Waals surface area contributed by atoms with Crippen molar-refractivity contribution in [1.29, 1.82) is 0 Å². The molecule has 0 aromatic heterocycles. The molecule has 12 heteroatoms. The van der Waals surface area contributed by atoms with Crippen molar-refractivity contribution in [3.63, 3.8) is 0 Å². The van der Waals surface area contributed by atoms with E-state index in [2.05, 4.69) is 26.6 Å². The van der Waals surface area contributed by atoms with Gasteiger partial charge in [-0.3, -0.25) is 9.59 Å². The van der Waals surface area contributed by atoms with Gasteiger partial charge in [0.05, 0.1) is 22.1 Å². The van der Waals surface area contributed by atoms with Crippen LogP contribution in [0.2, 0.25) is 5.02 Å². The van der Waals surface area contributed by atoms with Gasteiger partial charge in [-0.05, 0) is 54.1 Å². The van der Waals surface area contributed by atoms with Gasteiger partial charge in [0.2, 0.25) is 0 Å². The lowest BCUT2D eigenvalue weighted by Crippen LogP contribution is -2.18. The average Bonchev–Trinajstić information content (AvgIpc) is 2.84. The maximum Gasteiger partial charge on any atom is 0.290 e. The normalized spacial score (nSPS) is 10.7. The predicted octanol–water partition coefficient (Wildman–Crippen LogP) is 4.12. The van der Waals surface area contributed by atoms with Gasteiger partial charge >= 0.3 is 0 Å². The Labute approximate surface area is 228 Å². The topological polar surface area (TPSA) is 142 Å². The van der Waals surface area contributed by atoms with Crippen molar-refractivity contribution in [1.82, 2.24) is 5.32 Å². The summed E-state index contributed by atoms with van der Waals surface area (Å²) in [7, 11) is -3.42. The van der Waals surface area contributed by atoms with Crippen molar-refractivity contribution in [2.45, 2.75) is 18.0 Å². The minimum atomic E-state index is -3.42. The van der Waals surface area contributed by atoms with E-state index in [-0.39, 0.29) is 35.2 Å². The lowest BCUT2D eigenvalue weighted by Gasteiger charge is -2.14. The second-order valence-electron chi connectivity index (χ2n) is 7.61. The van der Waals surface area contributed by atoms with Gasteiger partial charge in [0, 0.05) is 35.1 Å². The lowest BCUT2D eigenvalue weighted by atomic mass is 10.1. The number of aliphatic hydroxyl groups is 1. The third kappa shape index (κ3) is 9.78. The largest absolute Gasteiger partial charge is 0.489 e. The molecule has 0 unspecified atom stereocenters. The first-order valence-corrected chi connectivity index (χ1v) is 13.9. The molecule has 0 radical (unpaired) electrons. The molecule has 1 amide bonds. The molecule has 3 rings (SSSR count). The fourth-order valence-electron chi connectivity index (χ4n) is 3.14. The Morgan fingerprint density at radius 2 is 1.86 bits per heavy atom. The third-order valence-electron chi connectivity index (χ3n) is 4.82. The number of sulfone groups is 1. The van der Waals surface area contributed by atoms with E-state index < -0.39 is 15.7 Å². The minimum Gasteiger partial charge on any atom is -0.489 e. The van der Waals surface area contributed by atoms with Gasteiger partial charge in [0.1, 0.15) is 12.4 Å². The van der Waals surface area contributed by atoms with Crippen LogP contribution in [0.25, 0.3) is 0 Å². The summed E-state index contributed by atoms with van der Waals surface area (Å²) in [4.78, 5) is 21.1. The summed E-state index contributed by atoms with van der Waals surface area (Å²) in [6.45, 7) is 1.11. The highest BCUT2D eigenvalue weighted by molar-refractivity contribution is 9.10. The van der Waals surface area contributed by atoms with Gasteiger partial charge in [-0.15, -0.1) is 0 Å².